The van der Waals surface area contributed by atoms with E-state index in [1.165, 1.54) is 12.5 Å². The van der Waals surface area contributed by atoms with E-state index in [0.29, 0.717) is 11.1 Å². The van der Waals surface area contributed by atoms with Crippen molar-refractivity contribution in [3.05, 3.63) is 60.1 Å². The number of hydrogen-bond donors (Lipinski definition) is 2. The first-order chi connectivity index (χ1) is 12.5. The van der Waals surface area contributed by atoms with Gasteiger partial charge in [-0.25, -0.2) is 0 Å². The van der Waals surface area contributed by atoms with E-state index >= 15 is 0 Å². The van der Waals surface area contributed by atoms with Crippen molar-refractivity contribution < 1.29 is 23.8 Å². The first-order valence-electron chi connectivity index (χ1n) is 8.41. The van der Waals surface area contributed by atoms with Crippen LogP contribution >= 0.6 is 0 Å². The Morgan fingerprint density at radius 2 is 1.15 bits per heavy atom. The monoisotopic (exact) mass is 350 g/mol. The summed E-state index contributed by atoms with van der Waals surface area (Å²) in [4.78, 5) is 13.1. The van der Waals surface area contributed by atoms with Gasteiger partial charge >= 0.3 is 0 Å². The fourth-order valence-electron chi connectivity index (χ4n) is 3.66. The molecular formula is C21H18O5. The zero-order chi connectivity index (χ0) is 18.4. The predicted molar refractivity (Wildman–Crippen MR) is 95.8 cm³/mol. The first kappa shape index (κ1) is 16.3. The Labute approximate surface area is 150 Å². The molecule has 0 bridgehead atoms. The van der Waals surface area contributed by atoms with Gasteiger partial charge in [-0.1, -0.05) is 26.0 Å². The van der Waals surface area contributed by atoms with Crippen molar-refractivity contribution in [2.24, 2.45) is 0 Å². The zero-order valence-corrected chi connectivity index (χ0v) is 14.4. The third-order valence-corrected chi connectivity index (χ3v) is 5.14. The number of carbonyl (C=O) groups excluding carboxylic acids is 1. The van der Waals surface area contributed by atoms with E-state index in [0.717, 1.165) is 22.3 Å². The summed E-state index contributed by atoms with van der Waals surface area (Å²) in [6.45, 7) is 3.74. The van der Waals surface area contributed by atoms with Crippen LogP contribution in [-0.2, 0) is 4.79 Å². The fraction of sp³-hybridized carbons (Fsp3) is 0.190. The molecule has 5 nitrogen and oxygen atoms in total. The molecule has 132 valence electrons. The highest BCUT2D eigenvalue weighted by Gasteiger charge is 2.29. The Kier molecular flexibility index (Phi) is 3.72. The Morgan fingerprint density at radius 1 is 0.731 bits per heavy atom. The van der Waals surface area contributed by atoms with E-state index < -0.39 is 0 Å². The van der Waals surface area contributed by atoms with Crippen molar-refractivity contribution in [1.82, 2.24) is 0 Å². The minimum Gasteiger partial charge on any atom is -0.480 e. The van der Waals surface area contributed by atoms with Crippen LogP contribution < -0.4 is 0 Å². The highest BCUT2D eigenvalue weighted by Crippen LogP contribution is 2.42. The lowest BCUT2D eigenvalue weighted by Gasteiger charge is -2.18. The van der Waals surface area contributed by atoms with Gasteiger partial charge < -0.3 is 19.0 Å². The Morgan fingerprint density at radius 3 is 1.58 bits per heavy atom. The van der Waals surface area contributed by atoms with Crippen LogP contribution in [0.15, 0.2) is 57.8 Å². The van der Waals surface area contributed by atoms with Crippen molar-refractivity contribution in [3.63, 3.8) is 0 Å². The number of fused-ring (bicyclic) bond motifs is 2. The molecule has 2 unspecified atom stereocenters. The molecule has 26 heavy (non-hydrogen) atoms. The molecule has 2 aliphatic heterocycles. The minimum atomic E-state index is -0.351. The van der Waals surface area contributed by atoms with Gasteiger partial charge in [0.15, 0.2) is 0 Å². The summed E-state index contributed by atoms with van der Waals surface area (Å²) in [6.07, 6.45) is 2.83. The lowest BCUT2D eigenvalue weighted by Crippen LogP contribution is -2.16. The second kappa shape index (κ2) is 5.95. The fourth-order valence-corrected chi connectivity index (χ4v) is 3.66. The second-order valence-electron chi connectivity index (χ2n) is 6.53. The van der Waals surface area contributed by atoms with Crippen molar-refractivity contribution in [2.45, 2.75) is 25.7 Å². The third-order valence-electron chi connectivity index (χ3n) is 5.14. The van der Waals surface area contributed by atoms with Crippen molar-refractivity contribution in [3.8, 4) is 34.1 Å². The molecule has 0 aromatic heterocycles. The number of rotatable bonds is 4. The molecule has 0 amide bonds. The van der Waals surface area contributed by atoms with E-state index in [1.54, 1.807) is 24.3 Å². The quantitative estimate of drug-likeness (QED) is 0.543. The smallest absolute Gasteiger partial charge is 0.289 e. The molecule has 0 radical (unpaired) electrons. The number of ketones is 1. The van der Waals surface area contributed by atoms with Crippen LogP contribution in [0, 0.1) is 0 Å². The number of aromatic hydroxyl groups is 2. The van der Waals surface area contributed by atoms with Crippen LogP contribution in [0.2, 0.25) is 0 Å². The maximum atomic E-state index is 13.1. The SMILES string of the molecule is CC(C(=O)C(C)c1ccc2c(O)occc1-2)c1ccc2c(O)occc1-2. The first-order valence-corrected chi connectivity index (χ1v) is 8.41. The normalized spacial score (nSPS) is 13.9. The van der Waals surface area contributed by atoms with E-state index in [-0.39, 0.29) is 29.5 Å². The molecule has 0 fully saturated rings. The molecule has 0 saturated carbocycles. The Bertz CT molecular complexity index is 943. The van der Waals surface area contributed by atoms with Crippen molar-refractivity contribution >= 4 is 5.78 Å². The molecular weight excluding hydrogens is 332 g/mol. The van der Waals surface area contributed by atoms with E-state index in [1.807, 2.05) is 26.0 Å². The maximum absolute atomic E-state index is 13.1. The summed E-state index contributed by atoms with van der Waals surface area (Å²) in [5, 5.41) is 19.6. The van der Waals surface area contributed by atoms with Crippen LogP contribution in [0.4, 0.5) is 0 Å². The van der Waals surface area contributed by atoms with Gasteiger partial charge in [0, 0.05) is 11.8 Å². The van der Waals surface area contributed by atoms with E-state index in [9.17, 15) is 15.0 Å². The van der Waals surface area contributed by atoms with Gasteiger partial charge in [-0.05, 0) is 46.5 Å². The van der Waals surface area contributed by atoms with Gasteiger partial charge in [0.2, 0.25) is 0 Å². The summed E-state index contributed by atoms with van der Waals surface area (Å²) in [6, 6.07) is 10.7. The lowest BCUT2D eigenvalue weighted by atomic mass is 9.84. The maximum Gasteiger partial charge on any atom is 0.289 e. The summed E-state index contributed by atoms with van der Waals surface area (Å²) in [5.41, 5.74) is 4.53. The molecule has 4 aliphatic rings. The summed E-state index contributed by atoms with van der Waals surface area (Å²) in [5.74, 6) is -0.941. The molecule has 2 heterocycles. The van der Waals surface area contributed by atoms with Gasteiger partial charge in [0.1, 0.15) is 5.78 Å². The molecule has 5 heteroatoms. The van der Waals surface area contributed by atoms with Crippen LogP contribution in [0.3, 0.4) is 0 Å². The van der Waals surface area contributed by atoms with Gasteiger partial charge in [-0.15, -0.1) is 0 Å². The topological polar surface area (TPSA) is 83.8 Å². The third kappa shape index (κ3) is 2.36. The van der Waals surface area contributed by atoms with Crippen molar-refractivity contribution in [1.29, 1.82) is 0 Å². The molecule has 0 spiro atoms. The summed E-state index contributed by atoms with van der Waals surface area (Å²) >= 11 is 0. The van der Waals surface area contributed by atoms with Gasteiger partial charge in [-0.2, -0.15) is 0 Å². The molecule has 0 aromatic carbocycles. The van der Waals surface area contributed by atoms with E-state index in [4.69, 9.17) is 8.83 Å². The highest BCUT2D eigenvalue weighted by molar-refractivity contribution is 5.95. The molecule has 2 N–H and O–H groups in total. The largest absolute Gasteiger partial charge is 0.480 e. The van der Waals surface area contributed by atoms with Gasteiger partial charge in [0.05, 0.1) is 23.7 Å². The average molecular weight is 350 g/mol. The molecule has 0 saturated heterocycles. The van der Waals surface area contributed by atoms with Gasteiger partial charge in [0.25, 0.3) is 11.9 Å². The zero-order valence-electron chi connectivity index (χ0n) is 14.4. The molecule has 0 aromatic rings. The number of Topliss-reactive ketones (excluding diaryl/α,β-unsaturated/α-hetero) is 1. The predicted octanol–water partition coefficient (Wildman–Crippen LogP) is 4.97. The Balaban J connectivity index is 1.67. The second-order valence-corrected chi connectivity index (χ2v) is 6.53. The van der Waals surface area contributed by atoms with Crippen LogP contribution in [0.1, 0.15) is 36.8 Å². The Hall–Kier alpha value is -3.21. The standard InChI is InChI=1S/C21H18O5/c1-11(13-3-5-17-15(13)7-9-25-20(17)23)19(22)12(2)14-4-6-18-16(14)8-10-26-21(18)24/h3-12,23-24H,1-2H3. The molecule has 2 atom stereocenters. The minimum absolute atomic E-state index is 0.0607. The number of carbonyl (C=O) groups is 1. The van der Waals surface area contributed by atoms with Crippen molar-refractivity contribution in [2.75, 3.05) is 0 Å². The van der Waals surface area contributed by atoms with E-state index in [2.05, 4.69) is 0 Å². The van der Waals surface area contributed by atoms with Crippen LogP contribution in [0.5, 0.6) is 11.9 Å². The lowest BCUT2D eigenvalue weighted by molar-refractivity contribution is -0.121. The highest BCUT2D eigenvalue weighted by atomic mass is 16.5. The van der Waals surface area contributed by atoms with Crippen LogP contribution in [0.25, 0.3) is 22.3 Å². The molecule has 4 rings (SSSR count). The summed E-state index contributed by atoms with van der Waals surface area (Å²) < 4.78 is 10.00. The average Bonchev–Trinajstić information content (AvgIpc) is 3.26. The summed E-state index contributed by atoms with van der Waals surface area (Å²) in [7, 11) is 0. The molecule has 2 aliphatic carbocycles. The van der Waals surface area contributed by atoms with Crippen LogP contribution in [-0.4, -0.2) is 16.0 Å². The number of hydrogen-bond acceptors (Lipinski definition) is 5. The van der Waals surface area contributed by atoms with Gasteiger partial charge in [-0.3, -0.25) is 4.79 Å².